The van der Waals surface area contributed by atoms with Gasteiger partial charge in [0.2, 0.25) is 5.91 Å². The Morgan fingerprint density at radius 1 is 1.40 bits per heavy atom. The third kappa shape index (κ3) is 4.27. The number of aliphatic imine (C=N–C) groups is 1. The zero-order valence-corrected chi connectivity index (χ0v) is 17.9. The van der Waals surface area contributed by atoms with Crippen molar-refractivity contribution in [3.8, 4) is 0 Å². The standard InChI is InChI=1S/C17H28N6O.HI/c1-11-7-18-16(21-11)19-8-12-6-14(24)23(17(2,3)4)15(12)13-9-20-22(5)10-13;/h9-12,15H,6-8H2,1-5H3,(H2,18,19,21);1H/t11?,12-,15+;/m0./s1. The Labute approximate surface area is 166 Å². The van der Waals surface area contributed by atoms with Crippen molar-refractivity contribution in [2.75, 3.05) is 13.1 Å². The van der Waals surface area contributed by atoms with Crippen LogP contribution in [0.5, 0.6) is 0 Å². The molecule has 0 bridgehead atoms. The number of carbonyl (C=O) groups is 1. The smallest absolute Gasteiger partial charge is 0.223 e. The maximum atomic E-state index is 12.7. The Morgan fingerprint density at radius 3 is 2.64 bits per heavy atom. The molecule has 0 aromatic carbocycles. The van der Waals surface area contributed by atoms with Crippen LogP contribution in [0.15, 0.2) is 17.4 Å². The van der Waals surface area contributed by atoms with Gasteiger partial charge in [-0.15, -0.1) is 24.0 Å². The number of halogens is 1. The normalized spacial score (nSPS) is 26.3. The summed E-state index contributed by atoms with van der Waals surface area (Å²) in [6, 6.07) is 0.413. The Balaban J connectivity index is 0.00000225. The van der Waals surface area contributed by atoms with Crippen LogP contribution in [0.4, 0.5) is 0 Å². The van der Waals surface area contributed by atoms with E-state index in [0.717, 1.165) is 24.6 Å². The molecule has 1 unspecified atom stereocenters. The third-order valence-electron chi connectivity index (χ3n) is 4.66. The average molecular weight is 460 g/mol. The number of hydrogen-bond acceptors (Lipinski definition) is 5. The van der Waals surface area contributed by atoms with Gasteiger partial charge in [-0.3, -0.25) is 14.5 Å². The summed E-state index contributed by atoms with van der Waals surface area (Å²) in [5.74, 6) is 1.24. The zero-order valence-electron chi connectivity index (χ0n) is 15.6. The lowest BCUT2D eigenvalue weighted by atomic mass is 9.93. The van der Waals surface area contributed by atoms with Crippen molar-refractivity contribution < 1.29 is 4.79 Å². The molecule has 0 saturated carbocycles. The summed E-state index contributed by atoms with van der Waals surface area (Å²) in [5.41, 5.74) is 0.879. The minimum absolute atomic E-state index is 0. The number of likely N-dealkylation sites (tertiary alicyclic amines) is 1. The number of carbonyl (C=O) groups excluding carboxylic acids is 1. The highest BCUT2D eigenvalue weighted by molar-refractivity contribution is 14.0. The number of nitrogens with zero attached hydrogens (tertiary/aromatic N) is 4. The molecule has 2 aliphatic rings. The van der Waals surface area contributed by atoms with Crippen LogP contribution in [0.2, 0.25) is 0 Å². The predicted molar refractivity (Wildman–Crippen MR) is 109 cm³/mol. The Morgan fingerprint density at radius 2 is 2.12 bits per heavy atom. The zero-order chi connectivity index (χ0) is 17.5. The van der Waals surface area contributed by atoms with Gasteiger partial charge in [-0.1, -0.05) is 0 Å². The number of amides is 1. The predicted octanol–water partition coefficient (Wildman–Crippen LogP) is 1.66. The molecule has 2 N–H and O–H groups in total. The SMILES string of the molecule is CC1CN=C(NC[C@@H]2CC(=O)N(C(C)(C)C)[C@H]2c2cnn(C)c2)N1.I. The van der Waals surface area contributed by atoms with Crippen molar-refractivity contribution >= 4 is 35.8 Å². The fourth-order valence-corrected chi connectivity index (χ4v) is 3.68. The molecular weight excluding hydrogens is 431 g/mol. The molecule has 7 nitrogen and oxygen atoms in total. The van der Waals surface area contributed by atoms with Crippen molar-refractivity contribution in [3.05, 3.63) is 18.0 Å². The molecule has 1 amide bonds. The van der Waals surface area contributed by atoms with Crippen LogP contribution in [-0.2, 0) is 11.8 Å². The maximum Gasteiger partial charge on any atom is 0.223 e. The quantitative estimate of drug-likeness (QED) is 0.674. The summed E-state index contributed by atoms with van der Waals surface area (Å²) in [6.07, 6.45) is 4.44. The molecule has 2 aliphatic heterocycles. The number of aromatic nitrogens is 2. The molecule has 3 heterocycles. The van der Waals surface area contributed by atoms with E-state index in [9.17, 15) is 4.79 Å². The fraction of sp³-hybridized carbons (Fsp3) is 0.706. The van der Waals surface area contributed by atoms with Gasteiger partial charge < -0.3 is 15.5 Å². The molecule has 25 heavy (non-hydrogen) atoms. The van der Waals surface area contributed by atoms with Crippen LogP contribution in [0.3, 0.4) is 0 Å². The largest absolute Gasteiger partial charge is 0.356 e. The van der Waals surface area contributed by atoms with Gasteiger partial charge in [-0.2, -0.15) is 5.10 Å². The Bertz CT molecular complexity index is 650. The highest BCUT2D eigenvalue weighted by atomic mass is 127. The molecule has 0 aliphatic carbocycles. The van der Waals surface area contributed by atoms with Gasteiger partial charge in [0.05, 0.1) is 18.8 Å². The number of rotatable bonds is 3. The van der Waals surface area contributed by atoms with Crippen molar-refractivity contribution in [1.82, 2.24) is 25.3 Å². The third-order valence-corrected chi connectivity index (χ3v) is 4.66. The first-order chi connectivity index (χ1) is 11.3. The summed E-state index contributed by atoms with van der Waals surface area (Å²) >= 11 is 0. The monoisotopic (exact) mass is 460 g/mol. The number of nitrogens with one attached hydrogen (secondary N) is 2. The molecule has 8 heteroatoms. The average Bonchev–Trinajstić information content (AvgIpc) is 3.15. The second-order valence-corrected chi connectivity index (χ2v) is 7.91. The lowest BCUT2D eigenvalue weighted by Crippen LogP contribution is -2.45. The van der Waals surface area contributed by atoms with Crippen LogP contribution in [0.25, 0.3) is 0 Å². The van der Waals surface area contributed by atoms with E-state index in [4.69, 9.17) is 0 Å². The van der Waals surface area contributed by atoms with E-state index in [2.05, 4.69) is 48.4 Å². The minimum atomic E-state index is -0.218. The first-order valence-electron chi connectivity index (χ1n) is 8.61. The number of hydrogen-bond donors (Lipinski definition) is 2. The first-order valence-corrected chi connectivity index (χ1v) is 8.61. The number of aryl methyl sites for hydroxylation is 1. The molecular formula is C17H29IN6O. The molecule has 3 atom stereocenters. The van der Waals surface area contributed by atoms with E-state index >= 15 is 0 Å². The van der Waals surface area contributed by atoms with E-state index in [1.165, 1.54) is 0 Å². The van der Waals surface area contributed by atoms with Gasteiger partial charge in [0.1, 0.15) is 0 Å². The summed E-state index contributed by atoms with van der Waals surface area (Å²) < 4.78 is 1.80. The van der Waals surface area contributed by atoms with Gasteiger partial charge in [0, 0.05) is 49.3 Å². The van der Waals surface area contributed by atoms with Crippen molar-refractivity contribution in [1.29, 1.82) is 0 Å². The molecule has 140 valence electrons. The van der Waals surface area contributed by atoms with Crippen LogP contribution >= 0.6 is 24.0 Å². The van der Waals surface area contributed by atoms with Gasteiger partial charge in [-0.25, -0.2) is 0 Å². The van der Waals surface area contributed by atoms with Gasteiger partial charge in [0.25, 0.3) is 0 Å². The van der Waals surface area contributed by atoms with Crippen LogP contribution in [-0.4, -0.2) is 51.2 Å². The molecule has 0 radical (unpaired) electrons. The van der Waals surface area contributed by atoms with Crippen LogP contribution < -0.4 is 10.6 Å². The lowest BCUT2D eigenvalue weighted by Gasteiger charge is -2.38. The van der Waals surface area contributed by atoms with Gasteiger partial charge in [-0.05, 0) is 27.7 Å². The summed E-state index contributed by atoms with van der Waals surface area (Å²) in [4.78, 5) is 19.2. The van der Waals surface area contributed by atoms with E-state index in [1.807, 2.05) is 24.3 Å². The first kappa shape index (κ1) is 20.0. The molecule has 0 spiro atoms. The van der Waals surface area contributed by atoms with Gasteiger partial charge in [0.15, 0.2) is 5.96 Å². The van der Waals surface area contributed by atoms with Crippen molar-refractivity contribution in [3.63, 3.8) is 0 Å². The fourth-order valence-electron chi connectivity index (χ4n) is 3.68. The summed E-state index contributed by atoms with van der Waals surface area (Å²) in [5, 5.41) is 11.0. The van der Waals surface area contributed by atoms with E-state index in [0.29, 0.717) is 12.5 Å². The van der Waals surface area contributed by atoms with Crippen molar-refractivity contribution in [2.24, 2.45) is 18.0 Å². The van der Waals surface area contributed by atoms with E-state index in [-0.39, 0.29) is 47.4 Å². The topological polar surface area (TPSA) is 74.5 Å². The minimum Gasteiger partial charge on any atom is -0.356 e. The Hall–Kier alpha value is -1.32. The lowest BCUT2D eigenvalue weighted by molar-refractivity contribution is -0.133. The molecule has 1 fully saturated rings. The number of guanidine groups is 1. The van der Waals surface area contributed by atoms with Crippen molar-refractivity contribution in [2.45, 2.75) is 51.7 Å². The summed E-state index contributed by atoms with van der Waals surface area (Å²) in [6.45, 7) is 9.90. The Kier molecular flexibility index (Phi) is 6.01. The van der Waals surface area contributed by atoms with E-state index in [1.54, 1.807) is 4.68 Å². The second-order valence-electron chi connectivity index (χ2n) is 7.91. The molecule has 1 saturated heterocycles. The van der Waals surface area contributed by atoms with Crippen LogP contribution in [0, 0.1) is 5.92 Å². The second kappa shape index (κ2) is 7.51. The van der Waals surface area contributed by atoms with Gasteiger partial charge >= 0.3 is 0 Å². The molecule has 1 aromatic rings. The van der Waals surface area contributed by atoms with Crippen LogP contribution in [0.1, 0.15) is 45.7 Å². The summed E-state index contributed by atoms with van der Waals surface area (Å²) in [7, 11) is 1.91. The maximum absolute atomic E-state index is 12.7. The van der Waals surface area contributed by atoms with E-state index < -0.39 is 0 Å². The molecule has 3 rings (SSSR count). The molecule has 1 aromatic heterocycles. The highest BCUT2D eigenvalue weighted by Gasteiger charge is 2.45. The highest BCUT2D eigenvalue weighted by Crippen LogP contribution is 2.41.